The molecule has 0 aliphatic rings. The van der Waals surface area contributed by atoms with Gasteiger partial charge in [0.2, 0.25) is 11.8 Å². The van der Waals surface area contributed by atoms with Crippen LogP contribution in [0.2, 0.25) is 0 Å². The second-order valence-electron chi connectivity index (χ2n) is 5.99. The van der Waals surface area contributed by atoms with Crippen molar-refractivity contribution in [2.75, 3.05) is 24.7 Å². The average Bonchev–Trinajstić information content (AvgIpc) is 3.13. The van der Waals surface area contributed by atoms with E-state index < -0.39 is 11.7 Å². The van der Waals surface area contributed by atoms with Gasteiger partial charge in [-0.3, -0.25) is 19.0 Å². The number of amides is 2. The molecule has 0 saturated heterocycles. The van der Waals surface area contributed by atoms with E-state index in [2.05, 4.69) is 10.3 Å². The molecule has 146 valence electrons. The second-order valence-corrected chi connectivity index (χ2v) is 7.83. The van der Waals surface area contributed by atoms with Gasteiger partial charge in [0.15, 0.2) is 5.16 Å². The molecule has 2 amide bonds. The molecule has 0 atom stereocenters. The predicted octanol–water partition coefficient (Wildman–Crippen LogP) is 2.32. The van der Waals surface area contributed by atoms with Crippen LogP contribution in [0, 0.1) is 5.82 Å². The standard InChI is InChI=1S/C18H17FN4O3S2/c1-22(9-14(24)20-12-5-3-11(19)4-6-12)15(25)10-28-18-21-16-13(7-8-27-16)17(26)23(18)2/h3-8H,9-10H2,1-2H3,(H,20,24). The van der Waals surface area contributed by atoms with E-state index in [0.717, 1.165) is 11.8 Å². The van der Waals surface area contributed by atoms with Crippen molar-refractivity contribution in [1.29, 1.82) is 0 Å². The number of carbonyl (C=O) groups is 2. The smallest absolute Gasteiger partial charge is 0.262 e. The zero-order chi connectivity index (χ0) is 20.3. The van der Waals surface area contributed by atoms with Crippen molar-refractivity contribution in [2.24, 2.45) is 7.05 Å². The van der Waals surface area contributed by atoms with Crippen molar-refractivity contribution < 1.29 is 14.0 Å². The number of hydrogen-bond acceptors (Lipinski definition) is 6. The van der Waals surface area contributed by atoms with Gasteiger partial charge in [0.25, 0.3) is 5.56 Å². The van der Waals surface area contributed by atoms with E-state index in [0.29, 0.717) is 21.1 Å². The Morgan fingerprint density at radius 3 is 2.71 bits per heavy atom. The maximum atomic E-state index is 12.9. The first-order valence-corrected chi connectivity index (χ1v) is 10.1. The highest BCUT2D eigenvalue weighted by Crippen LogP contribution is 2.20. The number of nitrogens with zero attached hydrogens (tertiary/aromatic N) is 3. The van der Waals surface area contributed by atoms with Gasteiger partial charge in [0, 0.05) is 19.8 Å². The largest absolute Gasteiger partial charge is 0.336 e. The Hall–Kier alpha value is -2.72. The zero-order valence-electron chi connectivity index (χ0n) is 15.1. The number of aromatic nitrogens is 2. The van der Waals surface area contributed by atoms with E-state index in [1.165, 1.54) is 52.1 Å². The van der Waals surface area contributed by atoms with E-state index in [1.54, 1.807) is 18.5 Å². The molecular formula is C18H17FN4O3S2. The first-order valence-electron chi connectivity index (χ1n) is 8.21. The van der Waals surface area contributed by atoms with Crippen LogP contribution in [-0.2, 0) is 16.6 Å². The quantitative estimate of drug-likeness (QED) is 0.489. The van der Waals surface area contributed by atoms with Crippen molar-refractivity contribution >= 4 is 50.8 Å². The normalized spacial score (nSPS) is 10.8. The summed E-state index contributed by atoms with van der Waals surface area (Å²) in [4.78, 5) is 43.0. The van der Waals surface area contributed by atoms with Crippen molar-refractivity contribution in [3.8, 4) is 0 Å². The highest BCUT2D eigenvalue weighted by Gasteiger charge is 2.16. The first-order chi connectivity index (χ1) is 13.3. The summed E-state index contributed by atoms with van der Waals surface area (Å²) in [6.45, 7) is -0.146. The number of anilines is 1. The van der Waals surface area contributed by atoms with E-state index in [-0.39, 0.29) is 23.8 Å². The molecule has 0 fully saturated rings. The van der Waals surface area contributed by atoms with Gasteiger partial charge in [-0.25, -0.2) is 9.37 Å². The Labute approximate surface area is 168 Å². The lowest BCUT2D eigenvalue weighted by Gasteiger charge is -2.17. The number of fused-ring (bicyclic) bond motifs is 1. The molecule has 3 aromatic rings. The van der Waals surface area contributed by atoms with Crippen LogP contribution in [0.1, 0.15) is 0 Å². The van der Waals surface area contributed by atoms with Gasteiger partial charge in [-0.15, -0.1) is 11.3 Å². The third kappa shape index (κ3) is 4.57. The molecule has 1 N–H and O–H groups in total. The summed E-state index contributed by atoms with van der Waals surface area (Å²) in [6.07, 6.45) is 0. The van der Waals surface area contributed by atoms with Gasteiger partial charge in [0.05, 0.1) is 17.7 Å². The second kappa shape index (κ2) is 8.53. The maximum absolute atomic E-state index is 12.9. The molecule has 2 heterocycles. The van der Waals surface area contributed by atoms with Gasteiger partial charge in [-0.2, -0.15) is 0 Å². The Morgan fingerprint density at radius 1 is 1.29 bits per heavy atom. The highest BCUT2D eigenvalue weighted by molar-refractivity contribution is 7.99. The molecule has 0 aliphatic carbocycles. The summed E-state index contributed by atoms with van der Waals surface area (Å²) in [5, 5.41) is 5.39. The van der Waals surface area contributed by atoms with Gasteiger partial charge in [0.1, 0.15) is 10.6 Å². The summed E-state index contributed by atoms with van der Waals surface area (Å²) in [5.41, 5.74) is 0.290. The number of carbonyl (C=O) groups excluding carboxylic acids is 2. The Kier molecular flexibility index (Phi) is 6.10. The third-order valence-electron chi connectivity index (χ3n) is 3.92. The minimum atomic E-state index is -0.397. The molecule has 28 heavy (non-hydrogen) atoms. The SMILES string of the molecule is CN(CC(=O)Nc1ccc(F)cc1)C(=O)CSc1nc2sccc2c(=O)n1C. The van der Waals surface area contributed by atoms with E-state index in [1.807, 2.05) is 0 Å². The van der Waals surface area contributed by atoms with E-state index in [9.17, 15) is 18.8 Å². The number of hydrogen-bond donors (Lipinski definition) is 1. The molecule has 3 rings (SSSR count). The molecule has 10 heteroatoms. The molecular weight excluding hydrogens is 403 g/mol. The fourth-order valence-electron chi connectivity index (χ4n) is 2.38. The summed E-state index contributed by atoms with van der Waals surface area (Å²) in [7, 11) is 3.13. The Morgan fingerprint density at radius 2 is 2.00 bits per heavy atom. The minimum Gasteiger partial charge on any atom is -0.336 e. The predicted molar refractivity (Wildman–Crippen MR) is 108 cm³/mol. The van der Waals surface area contributed by atoms with Crippen molar-refractivity contribution in [2.45, 2.75) is 5.16 Å². The summed E-state index contributed by atoms with van der Waals surface area (Å²) < 4.78 is 14.3. The Bertz CT molecular complexity index is 1080. The average molecular weight is 420 g/mol. The molecule has 1 aromatic carbocycles. The number of thiophene rings is 1. The number of likely N-dealkylation sites (N-methyl/N-ethyl adjacent to an activating group) is 1. The zero-order valence-corrected chi connectivity index (χ0v) is 16.8. The van der Waals surface area contributed by atoms with Crippen molar-refractivity contribution in [1.82, 2.24) is 14.5 Å². The summed E-state index contributed by atoms with van der Waals surface area (Å²) >= 11 is 2.51. The lowest BCUT2D eigenvalue weighted by atomic mass is 10.3. The molecule has 2 aromatic heterocycles. The molecule has 0 aliphatic heterocycles. The summed E-state index contributed by atoms with van der Waals surface area (Å²) in [6, 6.07) is 7.09. The van der Waals surface area contributed by atoms with Crippen LogP contribution in [0.25, 0.3) is 10.2 Å². The van der Waals surface area contributed by atoms with Crippen LogP contribution in [0.3, 0.4) is 0 Å². The number of thioether (sulfide) groups is 1. The number of benzene rings is 1. The number of rotatable bonds is 6. The topological polar surface area (TPSA) is 84.3 Å². The van der Waals surface area contributed by atoms with Gasteiger partial charge < -0.3 is 10.2 Å². The van der Waals surface area contributed by atoms with Crippen LogP contribution in [0.15, 0.2) is 45.7 Å². The molecule has 0 spiro atoms. The fourth-order valence-corrected chi connectivity index (χ4v) is 4.10. The first kappa shape index (κ1) is 20.0. The number of nitrogens with one attached hydrogen (secondary N) is 1. The highest BCUT2D eigenvalue weighted by atomic mass is 32.2. The van der Waals surface area contributed by atoms with E-state index >= 15 is 0 Å². The van der Waals surface area contributed by atoms with Crippen LogP contribution >= 0.6 is 23.1 Å². The maximum Gasteiger partial charge on any atom is 0.262 e. The lowest BCUT2D eigenvalue weighted by Crippen LogP contribution is -2.36. The molecule has 0 unspecified atom stereocenters. The van der Waals surface area contributed by atoms with Gasteiger partial charge in [-0.05, 0) is 35.7 Å². The number of halogens is 1. The van der Waals surface area contributed by atoms with Crippen LogP contribution < -0.4 is 10.9 Å². The lowest BCUT2D eigenvalue weighted by molar-refractivity contribution is -0.131. The molecule has 0 radical (unpaired) electrons. The fraction of sp³-hybridized carbons (Fsp3) is 0.222. The van der Waals surface area contributed by atoms with Gasteiger partial charge in [-0.1, -0.05) is 11.8 Å². The molecule has 0 bridgehead atoms. The third-order valence-corrected chi connectivity index (χ3v) is 5.74. The van der Waals surface area contributed by atoms with Crippen molar-refractivity contribution in [3.63, 3.8) is 0 Å². The summed E-state index contributed by atoms with van der Waals surface area (Å²) in [5.74, 6) is -1.03. The van der Waals surface area contributed by atoms with Crippen LogP contribution in [-0.4, -0.2) is 45.6 Å². The van der Waals surface area contributed by atoms with Crippen LogP contribution in [0.4, 0.5) is 10.1 Å². The Balaban J connectivity index is 1.57. The minimum absolute atomic E-state index is 0.0392. The van der Waals surface area contributed by atoms with Gasteiger partial charge >= 0.3 is 0 Å². The monoisotopic (exact) mass is 420 g/mol. The molecule has 7 nitrogen and oxygen atoms in total. The van der Waals surface area contributed by atoms with E-state index in [4.69, 9.17) is 0 Å². The molecule has 0 saturated carbocycles. The van der Waals surface area contributed by atoms with Crippen molar-refractivity contribution in [3.05, 3.63) is 51.9 Å². The van der Waals surface area contributed by atoms with Crippen LogP contribution in [0.5, 0.6) is 0 Å².